The molecule has 0 fully saturated rings. The molecule has 0 N–H and O–H groups in total. The van der Waals surface area contributed by atoms with Gasteiger partial charge >= 0.3 is 0 Å². The van der Waals surface area contributed by atoms with Crippen LogP contribution in [0.2, 0.25) is 0 Å². The van der Waals surface area contributed by atoms with E-state index in [1.54, 1.807) is 7.11 Å². The third-order valence-corrected chi connectivity index (χ3v) is 4.14. The molecule has 0 saturated carbocycles. The molecule has 0 aliphatic rings. The Morgan fingerprint density at radius 1 is 1.13 bits per heavy atom. The second kappa shape index (κ2) is 6.23. The molecule has 1 heterocycles. The van der Waals surface area contributed by atoms with Gasteiger partial charge in [0.2, 0.25) is 0 Å². The van der Waals surface area contributed by atoms with E-state index in [1.165, 1.54) is 11.1 Å². The average Bonchev–Trinajstić information content (AvgIpc) is 2.86. The molecule has 116 valence electrons. The van der Waals surface area contributed by atoms with Gasteiger partial charge in [0.25, 0.3) is 0 Å². The highest BCUT2D eigenvalue weighted by Gasteiger charge is 2.12. The first-order valence-corrected chi connectivity index (χ1v) is 7.56. The van der Waals surface area contributed by atoms with Crippen LogP contribution in [0.25, 0.3) is 11.0 Å². The first kappa shape index (κ1) is 15.3. The van der Waals surface area contributed by atoms with Crippen molar-refractivity contribution in [1.82, 2.24) is 9.55 Å². The molecule has 23 heavy (non-hydrogen) atoms. The third-order valence-electron chi connectivity index (χ3n) is 4.14. The molecule has 0 aliphatic heterocycles. The van der Waals surface area contributed by atoms with E-state index < -0.39 is 0 Å². The van der Waals surface area contributed by atoms with Gasteiger partial charge in [-0.2, -0.15) is 5.26 Å². The van der Waals surface area contributed by atoms with E-state index in [0.717, 1.165) is 22.4 Å². The van der Waals surface area contributed by atoms with Crippen molar-refractivity contribution in [2.45, 2.75) is 27.0 Å². The van der Waals surface area contributed by atoms with E-state index >= 15 is 0 Å². The SMILES string of the molecule is COCc1nc2cc(C)c(C)cc2n1Cc1ccc(C#N)cc1. The quantitative estimate of drug-likeness (QED) is 0.738. The summed E-state index contributed by atoms with van der Waals surface area (Å²) in [4.78, 5) is 4.72. The number of hydrogen-bond donors (Lipinski definition) is 0. The number of rotatable bonds is 4. The molecule has 0 atom stereocenters. The lowest BCUT2D eigenvalue weighted by Crippen LogP contribution is -2.06. The van der Waals surface area contributed by atoms with E-state index in [4.69, 9.17) is 15.0 Å². The van der Waals surface area contributed by atoms with Gasteiger partial charge in [-0.15, -0.1) is 0 Å². The number of ether oxygens (including phenoxy) is 1. The maximum Gasteiger partial charge on any atom is 0.136 e. The molecule has 0 amide bonds. The summed E-state index contributed by atoms with van der Waals surface area (Å²) in [6.45, 7) is 5.40. The van der Waals surface area contributed by atoms with Crippen LogP contribution in [-0.2, 0) is 17.9 Å². The average molecular weight is 305 g/mol. The summed E-state index contributed by atoms with van der Waals surface area (Å²) in [7, 11) is 1.68. The largest absolute Gasteiger partial charge is 0.377 e. The number of nitriles is 1. The van der Waals surface area contributed by atoms with Crippen molar-refractivity contribution in [3.8, 4) is 6.07 Å². The normalized spacial score (nSPS) is 10.9. The van der Waals surface area contributed by atoms with Gasteiger partial charge in [0.1, 0.15) is 12.4 Å². The summed E-state index contributed by atoms with van der Waals surface area (Å²) < 4.78 is 7.49. The number of imidazole rings is 1. The minimum absolute atomic E-state index is 0.475. The van der Waals surface area contributed by atoms with Crippen LogP contribution in [0.5, 0.6) is 0 Å². The van der Waals surface area contributed by atoms with Crippen LogP contribution in [0.1, 0.15) is 28.1 Å². The Labute approximate surface area is 136 Å². The first-order valence-electron chi connectivity index (χ1n) is 7.56. The summed E-state index contributed by atoms with van der Waals surface area (Å²) in [6, 6.07) is 14.1. The Kier molecular flexibility index (Phi) is 4.14. The van der Waals surface area contributed by atoms with Crippen LogP contribution >= 0.6 is 0 Å². The molecule has 0 spiro atoms. The highest BCUT2D eigenvalue weighted by molar-refractivity contribution is 5.78. The van der Waals surface area contributed by atoms with E-state index in [0.29, 0.717) is 18.7 Å². The summed E-state index contributed by atoms with van der Waals surface area (Å²) in [6.07, 6.45) is 0. The number of aryl methyl sites for hydroxylation is 2. The Balaban J connectivity index is 2.07. The molecular formula is C19H19N3O. The standard InChI is InChI=1S/C19H19N3O/c1-13-8-17-18(9-14(13)2)22(19(21-17)12-23-3)11-16-6-4-15(10-20)5-7-16/h4-9H,11-12H2,1-3H3. The molecule has 4 heteroatoms. The zero-order chi connectivity index (χ0) is 16.4. The van der Waals surface area contributed by atoms with Crippen molar-refractivity contribution < 1.29 is 4.74 Å². The molecule has 0 bridgehead atoms. The zero-order valence-electron chi connectivity index (χ0n) is 13.6. The van der Waals surface area contributed by atoms with Crippen molar-refractivity contribution in [2.75, 3.05) is 7.11 Å². The maximum atomic E-state index is 8.92. The molecule has 0 radical (unpaired) electrons. The van der Waals surface area contributed by atoms with Gasteiger partial charge in [-0.3, -0.25) is 0 Å². The highest BCUT2D eigenvalue weighted by atomic mass is 16.5. The van der Waals surface area contributed by atoms with Gasteiger partial charge < -0.3 is 9.30 Å². The number of fused-ring (bicyclic) bond motifs is 1. The Morgan fingerprint density at radius 3 is 2.48 bits per heavy atom. The van der Waals surface area contributed by atoms with E-state index in [2.05, 4.69) is 36.6 Å². The number of methoxy groups -OCH3 is 1. The zero-order valence-corrected chi connectivity index (χ0v) is 13.6. The van der Waals surface area contributed by atoms with E-state index in [-0.39, 0.29) is 0 Å². The van der Waals surface area contributed by atoms with Crippen molar-refractivity contribution in [1.29, 1.82) is 5.26 Å². The minimum Gasteiger partial charge on any atom is -0.377 e. The van der Waals surface area contributed by atoms with Crippen LogP contribution < -0.4 is 0 Å². The van der Waals surface area contributed by atoms with Gasteiger partial charge in [-0.25, -0.2) is 4.98 Å². The van der Waals surface area contributed by atoms with Crippen LogP contribution in [0.3, 0.4) is 0 Å². The lowest BCUT2D eigenvalue weighted by molar-refractivity contribution is 0.175. The molecule has 0 unspecified atom stereocenters. The van der Waals surface area contributed by atoms with Crippen molar-refractivity contribution in [3.05, 3.63) is 64.5 Å². The molecule has 3 rings (SSSR count). The Morgan fingerprint density at radius 2 is 1.83 bits per heavy atom. The lowest BCUT2D eigenvalue weighted by atomic mass is 10.1. The summed E-state index contributed by atoms with van der Waals surface area (Å²) in [5, 5.41) is 8.92. The maximum absolute atomic E-state index is 8.92. The fourth-order valence-corrected chi connectivity index (χ4v) is 2.71. The van der Waals surface area contributed by atoms with E-state index in [9.17, 15) is 0 Å². The van der Waals surface area contributed by atoms with Crippen molar-refractivity contribution >= 4 is 11.0 Å². The summed E-state index contributed by atoms with van der Waals surface area (Å²) >= 11 is 0. The van der Waals surface area contributed by atoms with Gasteiger partial charge in [0.05, 0.1) is 22.7 Å². The molecule has 0 saturated heterocycles. The molecule has 4 nitrogen and oxygen atoms in total. The van der Waals surface area contributed by atoms with Gasteiger partial charge in [0, 0.05) is 13.7 Å². The molecule has 0 aliphatic carbocycles. The fourth-order valence-electron chi connectivity index (χ4n) is 2.71. The van der Waals surface area contributed by atoms with Crippen LogP contribution in [0.4, 0.5) is 0 Å². The number of benzene rings is 2. The lowest BCUT2D eigenvalue weighted by Gasteiger charge is -2.10. The minimum atomic E-state index is 0.475. The Bertz CT molecular complexity index is 886. The molecular weight excluding hydrogens is 286 g/mol. The number of hydrogen-bond acceptors (Lipinski definition) is 3. The number of aromatic nitrogens is 2. The fraction of sp³-hybridized carbons (Fsp3) is 0.263. The smallest absolute Gasteiger partial charge is 0.136 e. The van der Waals surface area contributed by atoms with Crippen LogP contribution in [0.15, 0.2) is 36.4 Å². The van der Waals surface area contributed by atoms with Crippen LogP contribution in [-0.4, -0.2) is 16.7 Å². The molecule has 1 aromatic heterocycles. The third kappa shape index (κ3) is 2.96. The monoisotopic (exact) mass is 305 g/mol. The second-order valence-electron chi connectivity index (χ2n) is 5.78. The van der Waals surface area contributed by atoms with Gasteiger partial charge in [-0.1, -0.05) is 12.1 Å². The van der Waals surface area contributed by atoms with E-state index in [1.807, 2.05) is 24.3 Å². The predicted molar refractivity (Wildman–Crippen MR) is 90.2 cm³/mol. The first-order chi connectivity index (χ1) is 11.1. The van der Waals surface area contributed by atoms with Crippen molar-refractivity contribution in [2.24, 2.45) is 0 Å². The summed E-state index contributed by atoms with van der Waals surface area (Å²) in [5.41, 5.74) is 6.41. The summed E-state index contributed by atoms with van der Waals surface area (Å²) in [5.74, 6) is 0.914. The number of nitrogens with zero attached hydrogens (tertiary/aromatic N) is 3. The molecule has 2 aromatic carbocycles. The predicted octanol–water partition coefficient (Wildman–Crippen LogP) is 3.72. The highest BCUT2D eigenvalue weighted by Crippen LogP contribution is 2.22. The van der Waals surface area contributed by atoms with Gasteiger partial charge in [-0.05, 0) is 54.8 Å². The Hall–Kier alpha value is -2.64. The topological polar surface area (TPSA) is 50.8 Å². The van der Waals surface area contributed by atoms with Crippen molar-refractivity contribution in [3.63, 3.8) is 0 Å². The van der Waals surface area contributed by atoms with Crippen LogP contribution in [0, 0.1) is 25.2 Å². The second-order valence-corrected chi connectivity index (χ2v) is 5.78. The van der Waals surface area contributed by atoms with Gasteiger partial charge in [0.15, 0.2) is 0 Å². The molecule has 3 aromatic rings.